The Bertz CT molecular complexity index is 907. The Hall–Kier alpha value is -1.77. The SMILES string of the molecule is Clc1ccc2c(c1)CCC2(CCBr)c1ccc(OCc2ccccc2)cc1. The Kier molecular flexibility index (Phi) is 5.56. The number of hydrogen-bond acceptors (Lipinski definition) is 1. The van der Waals surface area contributed by atoms with Crippen LogP contribution >= 0.6 is 27.5 Å². The third kappa shape index (κ3) is 3.79. The largest absolute Gasteiger partial charge is 0.489 e. The maximum absolute atomic E-state index is 6.22. The van der Waals surface area contributed by atoms with E-state index in [9.17, 15) is 0 Å². The van der Waals surface area contributed by atoms with Gasteiger partial charge in [-0.2, -0.15) is 0 Å². The van der Waals surface area contributed by atoms with Gasteiger partial charge in [0.05, 0.1) is 0 Å². The van der Waals surface area contributed by atoms with Crippen LogP contribution < -0.4 is 4.74 Å². The topological polar surface area (TPSA) is 9.23 Å². The molecule has 0 heterocycles. The summed E-state index contributed by atoms with van der Waals surface area (Å²) in [6, 6.07) is 25.3. The molecule has 0 N–H and O–H groups in total. The van der Waals surface area contributed by atoms with Crippen LogP contribution in [0.25, 0.3) is 0 Å². The van der Waals surface area contributed by atoms with E-state index in [2.05, 4.69) is 64.5 Å². The van der Waals surface area contributed by atoms with E-state index in [1.165, 1.54) is 22.3 Å². The average Bonchev–Trinajstić information content (AvgIpc) is 3.06. The Morgan fingerprint density at radius 3 is 2.48 bits per heavy atom. The summed E-state index contributed by atoms with van der Waals surface area (Å²) in [5.74, 6) is 0.908. The molecule has 0 saturated carbocycles. The van der Waals surface area contributed by atoms with Crippen LogP contribution in [0, 0.1) is 0 Å². The van der Waals surface area contributed by atoms with Gasteiger partial charge in [-0.25, -0.2) is 0 Å². The van der Waals surface area contributed by atoms with Crippen LogP contribution in [0.2, 0.25) is 5.02 Å². The summed E-state index contributed by atoms with van der Waals surface area (Å²) < 4.78 is 5.96. The second kappa shape index (κ2) is 8.08. The van der Waals surface area contributed by atoms with Crippen LogP contribution in [0.15, 0.2) is 72.8 Å². The molecule has 1 atom stereocenters. The van der Waals surface area contributed by atoms with Crippen molar-refractivity contribution >= 4 is 27.5 Å². The maximum atomic E-state index is 6.22. The normalized spacial score (nSPS) is 18.3. The zero-order chi connectivity index (χ0) is 18.7. The molecule has 1 nitrogen and oxygen atoms in total. The molecule has 4 rings (SSSR count). The predicted octanol–water partition coefficient (Wildman–Crippen LogP) is 6.94. The van der Waals surface area contributed by atoms with Crippen molar-refractivity contribution in [1.82, 2.24) is 0 Å². The highest BCUT2D eigenvalue weighted by Gasteiger charge is 2.39. The van der Waals surface area contributed by atoms with E-state index in [1.54, 1.807) is 0 Å². The van der Waals surface area contributed by atoms with E-state index in [-0.39, 0.29) is 5.41 Å². The summed E-state index contributed by atoms with van der Waals surface area (Å²) in [6.45, 7) is 0.591. The van der Waals surface area contributed by atoms with Gasteiger partial charge in [0.2, 0.25) is 0 Å². The van der Waals surface area contributed by atoms with Crippen molar-refractivity contribution in [2.45, 2.75) is 31.3 Å². The molecule has 3 aromatic rings. The van der Waals surface area contributed by atoms with Crippen molar-refractivity contribution in [3.63, 3.8) is 0 Å². The third-order valence-electron chi connectivity index (χ3n) is 5.58. The van der Waals surface area contributed by atoms with E-state index in [1.807, 2.05) is 24.3 Å². The molecule has 0 aliphatic heterocycles. The van der Waals surface area contributed by atoms with Crippen LogP contribution in [0.1, 0.15) is 35.1 Å². The molecular weight excluding hydrogens is 420 g/mol. The first-order valence-corrected chi connectivity index (χ1v) is 10.8. The van der Waals surface area contributed by atoms with Gasteiger partial charge in [0.15, 0.2) is 0 Å². The molecule has 0 bridgehead atoms. The van der Waals surface area contributed by atoms with E-state index in [4.69, 9.17) is 16.3 Å². The second-order valence-electron chi connectivity index (χ2n) is 7.12. The van der Waals surface area contributed by atoms with E-state index < -0.39 is 0 Å². The first kappa shape index (κ1) is 18.6. The number of alkyl halides is 1. The molecule has 0 saturated heterocycles. The van der Waals surface area contributed by atoms with Crippen molar-refractivity contribution in [1.29, 1.82) is 0 Å². The first-order valence-electron chi connectivity index (χ1n) is 9.33. The van der Waals surface area contributed by atoms with Gasteiger partial charge in [0, 0.05) is 15.8 Å². The van der Waals surface area contributed by atoms with Crippen molar-refractivity contribution in [3.8, 4) is 5.75 Å². The summed E-state index contributed by atoms with van der Waals surface area (Å²) in [5, 5.41) is 1.80. The number of ether oxygens (including phenoxy) is 1. The molecule has 1 aliphatic carbocycles. The highest BCUT2D eigenvalue weighted by atomic mass is 79.9. The lowest BCUT2D eigenvalue weighted by Gasteiger charge is -2.31. The standard InChI is InChI=1S/C24H22BrClO/c25-15-14-24(13-12-19-16-21(26)8-11-23(19)24)20-6-9-22(10-7-20)27-17-18-4-2-1-3-5-18/h1-11,16H,12-15,17H2. The molecule has 138 valence electrons. The zero-order valence-corrected chi connectivity index (χ0v) is 17.5. The van der Waals surface area contributed by atoms with Gasteiger partial charge < -0.3 is 4.74 Å². The fourth-order valence-electron chi connectivity index (χ4n) is 4.19. The van der Waals surface area contributed by atoms with Crippen LogP contribution in [-0.2, 0) is 18.4 Å². The first-order chi connectivity index (χ1) is 13.2. The highest BCUT2D eigenvalue weighted by Crippen LogP contribution is 2.47. The lowest BCUT2D eigenvalue weighted by atomic mass is 9.73. The van der Waals surface area contributed by atoms with Crippen molar-refractivity contribution < 1.29 is 4.74 Å². The predicted molar refractivity (Wildman–Crippen MR) is 116 cm³/mol. The third-order valence-corrected chi connectivity index (χ3v) is 6.21. The van der Waals surface area contributed by atoms with Crippen LogP contribution in [0.5, 0.6) is 5.75 Å². The number of rotatable bonds is 6. The lowest BCUT2D eigenvalue weighted by Crippen LogP contribution is -2.25. The monoisotopic (exact) mass is 440 g/mol. The van der Waals surface area contributed by atoms with Gasteiger partial charge in [-0.1, -0.05) is 76.1 Å². The molecule has 0 fully saturated rings. The molecule has 3 aromatic carbocycles. The lowest BCUT2D eigenvalue weighted by molar-refractivity contribution is 0.306. The van der Waals surface area contributed by atoms with Crippen molar-refractivity contribution in [2.24, 2.45) is 0 Å². The second-order valence-corrected chi connectivity index (χ2v) is 8.35. The Balaban J connectivity index is 1.58. The van der Waals surface area contributed by atoms with Crippen molar-refractivity contribution in [3.05, 3.63) is 100 Å². The van der Waals surface area contributed by atoms with Crippen molar-refractivity contribution in [2.75, 3.05) is 5.33 Å². The number of halogens is 2. The Morgan fingerprint density at radius 2 is 1.74 bits per heavy atom. The highest BCUT2D eigenvalue weighted by molar-refractivity contribution is 9.09. The summed E-state index contributed by atoms with van der Waals surface area (Å²) >= 11 is 9.89. The van der Waals surface area contributed by atoms with Gasteiger partial charge in [0.25, 0.3) is 0 Å². The molecule has 3 heteroatoms. The minimum Gasteiger partial charge on any atom is -0.489 e. The van der Waals surface area contributed by atoms with Gasteiger partial charge >= 0.3 is 0 Å². The molecule has 0 aromatic heterocycles. The molecular formula is C24H22BrClO. The minimum atomic E-state index is 0.0569. The quantitative estimate of drug-likeness (QED) is 0.377. The fraction of sp³-hybridized carbons (Fsp3) is 0.250. The zero-order valence-electron chi connectivity index (χ0n) is 15.1. The number of fused-ring (bicyclic) bond motifs is 1. The van der Waals surface area contributed by atoms with Gasteiger partial charge in [-0.05, 0) is 65.8 Å². The number of hydrogen-bond donors (Lipinski definition) is 0. The fourth-order valence-corrected chi connectivity index (χ4v) is 5.07. The number of aryl methyl sites for hydroxylation is 1. The Morgan fingerprint density at radius 1 is 0.963 bits per heavy atom. The van der Waals surface area contributed by atoms with Crippen LogP contribution in [0.3, 0.4) is 0 Å². The maximum Gasteiger partial charge on any atom is 0.119 e. The van der Waals surface area contributed by atoms with E-state index >= 15 is 0 Å². The number of benzene rings is 3. The van der Waals surface area contributed by atoms with Gasteiger partial charge in [0.1, 0.15) is 12.4 Å². The summed E-state index contributed by atoms with van der Waals surface area (Å²) in [7, 11) is 0. The van der Waals surface area contributed by atoms with Gasteiger partial charge in [-0.3, -0.25) is 0 Å². The summed E-state index contributed by atoms with van der Waals surface area (Å²) in [6.07, 6.45) is 3.28. The molecule has 1 aliphatic rings. The van der Waals surface area contributed by atoms with Crippen LogP contribution in [-0.4, -0.2) is 5.33 Å². The summed E-state index contributed by atoms with van der Waals surface area (Å²) in [5.41, 5.74) is 5.40. The summed E-state index contributed by atoms with van der Waals surface area (Å²) in [4.78, 5) is 0. The molecule has 0 amide bonds. The molecule has 27 heavy (non-hydrogen) atoms. The van der Waals surface area contributed by atoms with Gasteiger partial charge in [-0.15, -0.1) is 0 Å². The smallest absolute Gasteiger partial charge is 0.119 e. The molecule has 0 radical (unpaired) electrons. The van der Waals surface area contributed by atoms with Crippen LogP contribution in [0.4, 0.5) is 0 Å². The van der Waals surface area contributed by atoms with E-state index in [0.717, 1.165) is 35.4 Å². The molecule has 0 spiro atoms. The average molecular weight is 442 g/mol. The molecule has 1 unspecified atom stereocenters. The Labute approximate surface area is 174 Å². The van der Waals surface area contributed by atoms with E-state index in [0.29, 0.717) is 6.61 Å². The minimum absolute atomic E-state index is 0.0569.